The molecule has 0 bridgehead atoms. The Morgan fingerprint density at radius 1 is 1.06 bits per heavy atom. The average Bonchev–Trinajstić information content (AvgIpc) is 3.48. The zero-order chi connectivity index (χ0) is 23.9. The summed E-state index contributed by atoms with van der Waals surface area (Å²) in [6.45, 7) is 2.75. The summed E-state index contributed by atoms with van der Waals surface area (Å²) in [4.78, 5) is 39.4. The quantitative estimate of drug-likeness (QED) is 0.473. The van der Waals surface area contributed by atoms with Gasteiger partial charge in [0.2, 0.25) is 5.91 Å². The first-order valence-electron chi connectivity index (χ1n) is 11.3. The lowest BCUT2D eigenvalue weighted by molar-refractivity contribution is -0.152. The second-order valence-electron chi connectivity index (χ2n) is 8.71. The van der Waals surface area contributed by atoms with Gasteiger partial charge in [0.15, 0.2) is 5.79 Å². The summed E-state index contributed by atoms with van der Waals surface area (Å²) in [6.07, 6.45) is 0.206. The summed E-state index contributed by atoms with van der Waals surface area (Å²) in [5.41, 5.74) is 1.61. The molecule has 1 atom stereocenters. The predicted octanol–water partition coefficient (Wildman–Crippen LogP) is 2.55. The molecule has 2 fully saturated rings. The van der Waals surface area contributed by atoms with Crippen molar-refractivity contribution in [3.63, 3.8) is 0 Å². The first-order chi connectivity index (χ1) is 16.4. The van der Waals surface area contributed by atoms with Crippen LogP contribution in [0.2, 0.25) is 0 Å². The Morgan fingerprint density at radius 3 is 2.56 bits per heavy atom. The van der Waals surface area contributed by atoms with Crippen LogP contribution in [0.15, 0.2) is 48.5 Å². The molecule has 0 aliphatic carbocycles. The molecule has 3 aromatic carbocycles. The molecule has 0 aromatic heterocycles. The van der Waals surface area contributed by atoms with Crippen molar-refractivity contribution in [3.8, 4) is 0 Å². The molecule has 2 aliphatic rings. The van der Waals surface area contributed by atoms with Crippen molar-refractivity contribution >= 4 is 39.3 Å². The molecule has 8 heteroatoms. The maximum Gasteiger partial charge on any atom is 0.328 e. The highest BCUT2D eigenvalue weighted by atomic mass is 16.7. The highest BCUT2D eigenvalue weighted by molar-refractivity contribution is 6.05. The monoisotopic (exact) mass is 462 g/mol. The number of ether oxygens (including phenoxy) is 3. The molecule has 1 spiro atoms. The smallest absolute Gasteiger partial charge is 0.328 e. The number of esters is 1. The summed E-state index contributed by atoms with van der Waals surface area (Å²) >= 11 is 0. The summed E-state index contributed by atoms with van der Waals surface area (Å²) in [5.74, 6) is -2.29. The van der Waals surface area contributed by atoms with Gasteiger partial charge in [-0.3, -0.25) is 9.59 Å². The van der Waals surface area contributed by atoms with Gasteiger partial charge in [-0.25, -0.2) is 4.79 Å². The number of nitrogens with one attached hydrogen (secondary N) is 1. The van der Waals surface area contributed by atoms with Gasteiger partial charge >= 0.3 is 5.97 Å². The van der Waals surface area contributed by atoms with Crippen LogP contribution in [-0.4, -0.2) is 67.9 Å². The van der Waals surface area contributed by atoms with Crippen LogP contribution in [0.5, 0.6) is 0 Å². The van der Waals surface area contributed by atoms with E-state index >= 15 is 0 Å². The van der Waals surface area contributed by atoms with Crippen LogP contribution in [-0.2, 0) is 23.8 Å². The third-order valence-corrected chi connectivity index (χ3v) is 6.69. The Morgan fingerprint density at radius 2 is 1.79 bits per heavy atom. The van der Waals surface area contributed by atoms with Crippen LogP contribution < -0.4 is 5.32 Å². The van der Waals surface area contributed by atoms with Crippen LogP contribution in [0.3, 0.4) is 0 Å². The Hall–Kier alpha value is -3.49. The van der Waals surface area contributed by atoms with Crippen LogP contribution in [0, 0.1) is 6.92 Å². The van der Waals surface area contributed by atoms with Gasteiger partial charge in [-0.1, -0.05) is 30.3 Å². The number of methoxy groups -OCH3 is 1. The first kappa shape index (κ1) is 22.3. The van der Waals surface area contributed by atoms with E-state index in [1.54, 1.807) is 6.07 Å². The van der Waals surface area contributed by atoms with Crippen LogP contribution in [0.25, 0.3) is 21.5 Å². The lowest BCUT2D eigenvalue weighted by Crippen LogP contribution is -2.46. The number of fused-ring (bicyclic) bond motifs is 2. The number of aryl methyl sites for hydroxylation is 1. The largest absolute Gasteiger partial charge is 0.467 e. The van der Waals surface area contributed by atoms with Gasteiger partial charge < -0.3 is 24.4 Å². The van der Waals surface area contributed by atoms with E-state index in [9.17, 15) is 14.4 Å². The number of amides is 2. The molecule has 34 heavy (non-hydrogen) atoms. The van der Waals surface area contributed by atoms with E-state index in [4.69, 9.17) is 14.2 Å². The van der Waals surface area contributed by atoms with Crippen molar-refractivity contribution in [1.82, 2.24) is 10.2 Å². The molecule has 176 valence electrons. The van der Waals surface area contributed by atoms with E-state index in [1.807, 2.05) is 30.3 Å². The molecular formula is C26H26N2O6. The van der Waals surface area contributed by atoms with Crippen molar-refractivity contribution < 1.29 is 28.6 Å². The second kappa shape index (κ2) is 8.70. The molecule has 8 nitrogen and oxygen atoms in total. The lowest BCUT2D eigenvalue weighted by atomic mass is 9.96. The summed E-state index contributed by atoms with van der Waals surface area (Å²) in [7, 11) is 1.28. The van der Waals surface area contributed by atoms with Gasteiger partial charge in [0.25, 0.3) is 5.91 Å². The van der Waals surface area contributed by atoms with Gasteiger partial charge in [0.05, 0.1) is 33.4 Å². The zero-order valence-electron chi connectivity index (χ0n) is 19.1. The van der Waals surface area contributed by atoms with Crippen molar-refractivity contribution in [2.75, 3.05) is 33.4 Å². The van der Waals surface area contributed by atoms with Gasteiger partial charge in [-0.2, -0.15) is 0 Å². The number of benzene rings is 3. The molecule has 2 saturated heterocycles. The number of hydrogen-bond acceptors (Lipinski definition) is 6. The number of hydrogen-bond donors (Lipinski definition) is 1. The molecule has 5 rings (SSSR count). The van der Waals surface area contributed by atoms with Crippen molar-refractivity contribution in [1.29, 1.82) is 0 Å². The molecule has 0 saturated carbocycles. The van der Waals surface area contributed by atoms with Gasteiger partial charge in [-0.15, -0.1) is 0 Å². The minimum Gasteiger partial charge on any atom is -0.467 e. The summed E-state index contributed by atoms with van der Waals surface area (Å²) in [6, 6.07) is 14.9. The third-order valence-electron chi connectivity index (χ3n) is 6.69. The van der Waals surface area contributed by atoms with Gasteiger partial charge in [0, 0.05) is 12.0 Å². The van der Waals surface area contributed by atoms with E-state index < -0.39 is 23.7 Å². The molecule has 3 aromatic rings. The third kappa shape index (κ3) is 3.89. The number of rotatable bonds is 4. The number of likely N-dealkylation sites (tertiary alicyclic amines) is 1. The van der Waals surface area contributed by atoms with E-state index in [-0.39, 0.29) is 25.4 Å². The molecule has 1 N–H and O–H groups in total. The van der Waals surface area contributed by atoms with Crippen LogP contribution in [0.1, 0.15) is 22.3 Å². The predicted molar refractivity (Wildman–Crippen MR) is 125 cm³/mol. The summed E-state index contributed by atoms with van der Waals surface area (Å²) in [5, 5.41) is 7.00. The first-order valence-corrected chi connectivity index (χ1v) is 11.3. The van der Waals surface area contributed by atoms with Crippen LogP contribution in [0.4, 0.5) is 0 Å². The molecule has 0 unspecified atom stereocenters. The molecular weight excluding hydrogens is 436 g/mol. The molecule has 2 aliphatic heterocycles. The second-order valence-corrected chi connectivity index (χ2v) is 8.71. The van der Waals surface area contributed by atoms with Crippen molar-refractivity contribution in [2.24, 2.45) is 0 Å². The fourth-order valence-corrected chi connectivity index (χ4v) is 4.96. The van der Waals surface area contributed by atoms with E-state index in [0.29, 0.717) is 18.8 Å². The Bertz CT molecular complexity index is 1300. The average molecular weight is 463 g/mol. The van der Waals surface area contributed by atoms with Crippen molar-refractivity contribution in [3.05, 3.63) is 59.7 Å². The SMILES string of the molecule is COC(=O)[C@@H]1CC2(CN1C(=O)CNC(=O)c1ccc3c(C)c4ccccc4cc3c1)OCCO2. The maximum atomic E-state index is 12.9. The fraction of sp³-hybridized carbons (Fsp3) is 0.346. The van der Waals surface area contributed by atoms with Crippen molar-refractivity contribution in [2.45, 2.75) is 25.2 Å². The Balaban J connectivity index is 1.31. The normalized spacial score (nSPS) is 19.1. The van der Waals surface area contributed by atoms with E-state index in [1.165, 1.54) is 17.4 Å². The van der Waals surface area contributed by atoms with E-state index in [0.717, 1.165) is 21.7 Å². The highest BCUT2D eigenvalue weighted by Gasteiger charge is 2.52. The molecule has 2 heterocycles. The molecule has 0 radical (unpaired) electrons. The minimum atomic E-state index is -0.989. The molecule has 2 amide bonds. The number of carbonyl (C=O) groups excluding carboxylic acids is 3. The maximum absolute atomic E-state index is 12.9. The summed E-state index contributed by atoms with van der Waals surface area (Å²) < 4.78 is 16.2. The minimum absolute atomic E-state index is 0.115. The topological polar surface area (TPSA) is 94.2 Å². The number of nitrogens with zero attached hydrogens (tertiary/aromatic N) is 1. The standard InChI is InChI=1S/C26H26N2O6/c1-16-20-6-4-3-5-17(20)11-19-12-18(7-8-21(16)19)24(30)27-14-23(29)28-15-26(33-9-10-34-26)13-22(28)25(31)32-2/h3-8,11-12,22H,9-10,13-15H2,1-2H3,(H,27,30)/t22-/m0/s1. The highest BCUT2D eigenvalue weighted by Crippen LogP contribution is 2.35. The number of carbonyl (C=O) groups is 3. The fourth-order valence-electron chi connectivity index (χ4n) is 4.96. The van der Waals surface area contributed by atoms with Crippen LogP contribution >= 0.6 is 0 Å². The zero-order valence-corrected chi connectivity index (χ0v) is 19.1. The van der Waals surface area contributed by atoms with Gasteiger partial charge in [0.1, 0.15) is 6.04 Å². The van der Waals surface area contributed by atoms with E-state index in [2.05, 4.69) is 24.4 Å². The van der Waals surface area contributed by atoms with Gasteiger partial charge in [-0.05, 0) is 52.2 Å². The Labute approximate surface area is 196 Å². The lowest BCUT2D eigenvalue weighted by Gasteiger charge is -2.23. The Kier molecular flexibility index (Phi) is 5.71.